The van der Waals surface area contributed by atoms with Crippen molar-refractivity contribution in [2.75, 3.05) is 14.2 Å². The van der Waals surface area contributed by atoms with Crippen LogP contribution in [-0.4, -0.2) is 31.3 Å². The molecule has 3 aromatic carbocycles. The van der Waals surface area contributed by atoms with Gasteiger partial charge in [-0.05, 0) is 58.2 Å². The molecular weight excluding hydrogens is 380 g/mol. The SMILES string of the molecule is COC(=O)c1ccc(/C=C(/c2ccc(CO)cc2)c2ccc(C(=O)OC)cc2)cc1. The zero-order valence-electron chi connectivity index (χ0n) is 16.8. The second kappa shape index (κ2) is 9.67. The molecule has 0 heterocycles. The van der Waals surface area contributed by atoms with Crippen molar-refractivity contribution in [3.63, 3.8) is 0 Å². The highest BCUT2D eigenvalue weighted by Gasteiger charge is 2.10. The van der Waals surface area contributed by atoms with Crippen molar-refractivity contribution in [2.24, 2.45) is 0 Å². The Morgan fingerprint density at radius 2 is 1.10 bits per heavy atom. The largest absolute Gasteiger partial charge is 0.465 e. The van der Waals surface area contributed by atoms with Gasteiger partial charge in [-0.25, -0.2) is 9.59 Å². The third kappa shape index (κ3) is 4.82. The van der Waals surface area contributed by atoms with E-state index in [0.717, 1.165) is 27.8 Å². The van der Waals surface area contributed by atoms with Gasteiger partial charge in [-0.3, -0.25) is 0 Å². The Labute approximate surface area is 175 Å². The summed E-state index contributed by atoms with van der Waals surface area (Å²) in [6.45, 7) is -0.0257. The number of hydrogen-bond acceptors (Lipinski definition) is 5. The van der Waals surface area contributed by atoms with E-state index in [4.69, 9.17) is 9.47 Å². The predicted octanol–water partition coefficient (Wildman–Crippen LogP) is 4.34. The van der Waals surface area contributed by atoms with E-state index in [1.165, 1.54) is 14.2 Å². The molecule has 0 aliphatic heterocycles. The highest BCUT2D eigenvalue weighted by atomic mass is 16.5. The zero-order valence-corrected chi connectivity index (χ0v) is 16.8. The molecule has 0 fully saturated rings. The number of hydrogen-bond donors (Lipinski definition) is 1. The highest BCUT2D eigenvalue weighted by Crippen LogP contribution is 2.27. The number of rotatable bonds is 6. The Morgan fingerprint density at radius 3 is 1.53 bits per heavy atom. The van der Waals surface area contributed by atoms with E-state index >= 15 is 0 Å². The maximum atomic E-state index is 11.7. The summed E-state index contributed by atoms with van der Waals surface area (Å²) in [6, 6.07) is 21.9. The zero-order chi connectivity index (χ0) is 21.5. The molecule has 30 heavy (non-hydrogen) atoms. The van der Waals surface area contributed by atoms with Crippen LogP contribution in [0.15, 0.2) is 72.8 Å². The molecule has 0 radical (unpaired) electrons. The lowest BCUT2D eigenvalue weighted by atomic mass is 9.94. The van der Waals surface area contributed by atoms with Gasteiger partial charge in [0, 0.05) is 0 Å². The number of esters is 2. The van der Waals surface area contributed by atoms with Crippen molar-refractivity contribution < 1.29 is 24.2 Å². The van der Waals surface area contributed by atoms with Gasteiger partial charge < -0.3 is 14.6 Å². The maximum Gasteiger partial charge on any atom is 0.337 e. The third-order valence-electron chi connectivity index (χ3n) is 4.71. The van der Waals surface area contributed by atoms with E-state index < -0.39 is 5.97 Å². The molecule has 0 bridgehead atoms. The Hall–Kier alpha value is -3.70. The van der Waals surface area contributed by atoms with Crippen LogP contribution in [0.4, 0.5) is 0 Å². The molecule has 1 N–H and O–H groups in total. The fourth-order valence-electron chi connectivity index (χ4n) is 3.03. The number of aliphatic hydroxyl groups is 1. The standard InChI is InChI=1S/C25H22O5/c1-29-24(27)21-9-3-17(4-10-21)15-23(19-7-5-18(16-26)6-8-19)20-11-13-22(14-12-20)25(28)30-2/h3-15,26H,16H2,1-2H3/b23-15-. The number of methoxy groups -OCH3 is 2. The number of aliphatic hydroxyl groups excluding tert-OH is 1. The molecule has 0 unspecified atom stereocenters. The number of ether oxygens (including phenoxy) is 2. The van der Waals surface area contributed by atoms with Gasteiger partial charge in [0.05, 0.1) is 32.0 Å². The molecule has 0 aromatic heterocycles. The Kier molecular flexibility index (Phi) is 6.78. The molecule has 0 saturated carbocycles. The first-order valence-corrected chi connectivity index (χ1v) is 9.34. The summed E-state index contributed by atoms with van der Waals surface area (Å²) in [5.74, 6) is -0.776. The van der Waals surface area contributed by atoms with E-state index in [0.29, 0.717) is 11.1 Å². The molecule has 0 aliphatic carbocycles. The molecule has 0 aliphatic rings. The lowest BCUT2D eigenvalue weighted by molar-refractivity contribution is 0.0592. The second-order valence-corrected chi connectivity index (χ2v) is 6.60. The van der Waals surface area contributed by atoms with Gasteiger partial charge in [-0.1, -0.05) is 48.5 Å². The summed E-state index contributed by atoms with van der Waals surface area (Å²) >= 11 is 0. The van der Waals surface area contributed by atoms with E-state index in [1.54, 1.807) is 24.3 Å². The van der Waals surface area contributed by atoms with E-state index in [9.17, 15) is 14.7 Å². The Morgan fingerprint density at radius 1 is 0.700 bits per heavy atom. The Balaban J connectivity index is 2.03. The third-order valence-corrected chi connectivity index (χ3v) is 4.71. The van der Waals surface area contributed by atoms with E-state index in [-0.39, 0.29) is 12.6 Å². The molecule has 0 amide bonds. The minimum absolute atomic E-state index is 0.0257. The average Bonchev–Trinajstić information content (AvgIpc) is 2.82. The van der Waals surface area contributed by atoms with Gasteiger partial charge >= 0.3 is 11.9 Å². The van der Waals surface area contributed by atoms with Crippen molar-refractivity contribution in [3.8, 4) is 0 Å². The summed E-state index contributed by atoms with van der Waals surface area (Å²) in [7, 11) is 2.70. The number of carbonyl (C=O) groups is 2. The van der Waals surface area contributed by atoms with Gasteiger partial charge in [-0.15, -0.1) is 0 Å². The van der Waals surface area contributed by atoms with Crippen molar-refractivity contribution in [1.29, 1.82) is 0 Å². The summed E-state index contributed by atoms with van der Waals surface area (Å²) in [5.41, 5.74) is 5.47. The van der Waals surface area contributed by atoms with Gasteiger partial charge in [-0.2, -0.15) is 0 Å². The van der Waals surface area contributed by atoms with Crippen LogP contribution in [-0.2, 0) is 16.1 Å². The molecule has 3 aromatic rings. The van der Waals surface area contributed by atoms with Gasteiger partial charge in [0.25, 0.3) is 0 Å². The molecule has 5 nitrogen and oxygen atoms in total. The lowest BCUT2D eigenvalue weighted by Crippen LogP contribution is -2.01. The van der Waals surface area contributed by atoms with Gasteiger partial charge in [0.15, 0.2) is 0 Å². The van der Waals surface area contributed by atoms with Crippen LogP contribution in [0.2, 0.25) is 0 Å². The summed E-state index contributed by atoms with van der Waals surface area (Å²) in [4.78, 5) is 23.4. The Bertz CT molecular complexity index is 1050. The summed E-state index contributed by atoms with van der Waals surface area (Å²) in [5, 5.41) is 9.32. The molecule has 5 heteroatoms. The molecular formula is C25H22O5. The van der Waals surface area contributed by atoms with Crippen LogP contribution < -0.4 is 0 Å². The van der Waals surface area contributed by atoms with Crippen molar-refractivity contribution in [3.05, 3.63) is 106 Å². The fourth-order valence-corrected chi connectivity index (χ4v) is 3.03. The van der Waals surface area contributed by atoms with Crippen LogP contribution >= 0.6 is 0 Å². The number of benzene rings is 3. The normalized spacial score (nSPS) is 11.1. The minimum atomic E-state index is -0.391. The molecule has 0 saturated heterocycles. The van der Waals surface area contributed by atoms with Crippen LogP contribution in [0, 0.1) is 0 Å². The van der Waals surface area contributed by atoms with Crippen LogP contribution in [0.3, 0.4) is 0 Å². The smallest absolute Gasteiger partial charge is 0.337 e. The van der Waals surface area contributed by atoms with E-state index in [2.05, 4.69) is 0 Å². The van der Waals surface area contributed by atoms with Crippen molar-refractivity contribution in [2.45, 2.75) is 6.61 Å². The predicted molar refractivity (Wildman–Crippen MR) is 115 cm³/mol. The first-order chi connectivity index (χ1) is 14.5. The van der Waals surface area contributed by atoms with Gasteiger partial charge in [0.2, 0.25) is 0 Å². The second-order valence-electron chi connectivity index (χ2n) is 6.60. The monoisotopic (exact) mass is 402 g/mol. The first-order valence-electron chi connectivity index (χ1n) is 9.34. The summed E-state index contributed by atoms with van der Waals surface area (Å²) < 4.78 is 9.51. The van der Waals surface area contributed by atoms with Crippen LogP contribution in [0.25, 0.3) is 11.6 Å². The molecule has 152 valence electrons. The minimum Gasteiger partial charge on any atom is -0.465 e. The molecule has 3 rings (SSSR count). The lowest BCUT2D eigenvalue weighted by Gasteiger charge is -2.11. The van der Waals surface area contributed by atoms with Crippen LogP contribution in [0.5, 0.6) is 0 Å². The van der Waals surface area contributed by atoms with Gasteiger partial charge in [0.1, 0.15) is 0 Å². The average molecular weight is 402 g/mol. The molecule has 0 atom stereocenters. The summed E-state index contributed by atoms with van der Waals surface area (Å²) in [6.07, 6.45) is 2.00. The van der Waals surface area contributed by atoms with Crippen molar-refractivity contribution in [1.82, 2.24) is 0 Å². The first kappa shape index (κ1) is 21.0. The fraction of sp³-hybridized carbons (Fsp3) is 0.120. The van der Waals surface area contributed by atoms with Crippen molar-refractivity contribution >= 4 is 23.6 Å². The van der Waals surface area contributed by atoms with E-state index in [1.807, 2.05) is 54.6 Å². The highest BCUT2D eigenvalue weighted by molar-refractivity contribution is 5.94. The van der Waals surface area contributed by atoms with Crippen LogP contribution in [0.1, 0.15) is 43.0 Å². The molecule has 0 spiro atoms. The maximum absolute atomic E-state index is 11.7. The quantitative estimate of drug-likeness (QED) is 0.490. The topological polar surface area (TPSA) is 72.8 Å². The number of carbonyl (C=O) groups excluding carboxylic acids is 2.